The molecule has 0 aromatic rings. The minimum Gasteiger partial charge on any atom is -0.388 e. The molecule has 1 aliphatic carbocycles. The molecule has 3 N–H and O–H groups in total. The summed E-state index contributed by atoms with van der Waals surface area (Å²) in [6.07, 6.45) is 11.7. The van der Waals surface area contributed by atoms with Crippen LogP contribution in [0.5, 0.6) is 0 Å². The first-order valence-corrected chi connectivity index (χ1v) is 6.55. The van der Waals surface area contributed by atoms with Gasteiger partial charge in [0.25, 0.3) is 0 Å². The van der Waals surface area contributed by atoms with Gasteiger partial charge in [-0.3, -0.25) is 5.41 Å². The van der Waals surface area contributed by atoms with Gasteiger partial charge < -0.3 is 5.73 Å². The first kappa shape index (κ1) is 12.5. The molecule has 0 bridgehead atoms. The maximum atomic E-state index is 7.15. The number of rotatable bonds is 6. The molecular formula is C13H26N2. The quantitative estimate of drug-likeness (QED) is 0.392. The van der Waals surface area contributed by atoms with Crippen LogP contribution in [0.3, 0.4) is 0 Å². The fourth-order valence-corrected chi connectivity index (χ4v) is 2.68. The Balaban J connectivity index is 2.01. The van der Waals surface area contributed by atoms with Crippen LogP contribution in [0.15, 0.2) is 0 Å². The van der Waals surface area contributed by atoms with Gasteiger partial charge in [0.2, 0.25) is 0 Å². The highest BCUT2D eigenvalue weighted by molar-refractivity contribution is 5.76. The third-order valence-corrected chi connectivity index (χ3v) is 3.85. The van der Waals surface area contributed by atoms with Gasteiger partial charge in [-0.25, -0.2) is 0 Å². The molecule has 1 saturated carbocycles. The van der Waals surface area contributed by atoms with E-state index < -0.39 is 0 Å². The summed E-state index contributed by atoms with van der Waals surface area (Å²) < 4.78 is 0. The van der Waals surface area contributed by atoms with Crippen LogP contribution >= 0.6 is 0 Å². The van der Waals surface area contributed by atoms with Gasteiger partial charge in [-0.2, -0.15) is 0 Å². The van der Waals surface area contributed by atoms with Crippen LogP contribution in [0, 0.1) is 17.2 Å². The van der Waals surface area contributed by atoms with Crippen LogP contribution in [0.2, 0.25) is 0 Å². The summed E-state index contributed by atoms with van der Waals surface area (Å²) >= 11 is 0. The van der Waals surface area contributed by atoms with Crippen molar-refractivity contribution in [2.75, 3.05) is 0 Å². The van der Waals surface area contributed by atoms with Gasteiger partial charge in [0.05, 0.1) is 5.84 Å². The lowest BCUT2D eigenvalue weighted by Gasteiger charge is -2.27. The Morgan fingerprint density at radius 1 is 1.13 bits per heavy atom. The normalized spacial score (nSPS) is 26.5. The Kier molecular flexibility index (Phi) is 5.74. The molecule has 0 unspecified atom stereocenters. The number of nitrogens with one attached hydrogen (secondary N) is 1. The van der Waals surface area contributed by atoms with E-state index in [1.54, 1.807) is 0 Å². The topological polar surface area (TPSA) is 49.9 Å². The van der Waals surface area contributed by atoms with Gasteiger partial charge in [0.15, 0.2) is 0 Å². The molecule has 2 heteroatoms. The summed E-state index contributed by atoms with van der Waals surface area (Å²) in [6, 6.07) is 0. The van der Waals surface area contributed by atoms with Gasteiger partial charge in [0.1, 0.15) is 0 Å². The molecule has 0 atom stereocenters. The number of hydrogen-bond donors (Lipinski definition) is 2. The van der Waals surface area contributed by atoms with E-state index in [0.29, 0.717) is 5.84 Å². The lowest BCUT2D eigenvalue weighted by molar-refractivity contribution is 0.254. The van der Waals surface area contributed by atoms with E-state index >= 15 is 0 Å². The van der Waals surface area contributed by atoms with Crippen molar-refractivity contribution in [1.82, 2.24) is 0 Å². The molecular weight excluding hydrogens is 184 g/mol. The second-order valence-electron chi connectivity index (χ2n) is 5.07. The van der Waals surface area contributed by atoms with Crippen molar-refractivity contribution in [3.8, 4) is 0 Å². The minimum atomic E-state index is 0.352. The Morgan fingerprint density at radius 3 is 2.27 bits per heavy atom. The molecule has 15 heavy (non-hydrogen) atoms. The van der Waals surface area contributed by atoms with Gasteiger partial charge >= 0.3 is 0 Å². The molecule has 0 saturated heterocycles. The summed E-state index contributed by atoms with van der Waals surface area (Å²) in [5.41, 5.74) is 5.33. The number of nitrogens with two attached hydrogens (primary N) is 1. The highest BCUT2D eigenvalue weighted by Crippen LogP contribution is 2.33. The van der Waals surface area contributed by atoms with Gasteiger partial charge in [-0.1, -0.05) is 51.9 Å². The lowest BCUT2D eigenvalue weighted by Crippen LogP contribution is -2.14. The maximum Gasteiger partial charge on any atom is 0.0905 e. The van der Waals surface area contributed by atoms with Crippen LogP contribution in [0.4, 0.5) is 0 Å². The largest absolute Gasteiger partial charge is 0.388 e. The van der Waals surface area contributed by atoms with Crippen LogP contribution < -0.4 is 5.73 Å². The molecule has 1 fully saturated rings. The molecule has 0 radical (unpaired) electrons. The Morgan fingerprint density at radius 2 is 1.73 bits per heavy atom. The predicted molar refractivity (Wildman–Crippen MR) is 66.1 cm³/mol. The zero-order valence-corrected chi connectivity index (χ0v) is 10.1. The van der Waals surface area contributed by atoms with E-state index in [1.807, 2.05) is 0 Å². The second kappa shape index (κ2) is 6.86. The van der Waals surface area contributed by atoms with Gasteiger partial charge in [-0.15, -0.1) is 0 Å². The van der Waals surface area contributed by atoms with Gasteiger partial charge in [-0.05, 0) is 18.3 Å². The summed E-state index contributed by atoms with van der Waals surface area (Å²) in [5, 5.41) is 7.15. The first-order chi connectivity index (χ1) is 7.22. The standard InChI is InChI=1S/C13H26N2/c1-2-11-7-9-12(10-8-11)5-3-4-6-13(14)15/h11-12H,2-10H2,1H3,(H3,14,15). The van der Waals surface area contributed by atoms with Crippen LogP contribution in [0.1, 0.15) is 64.7 Å². The smallest absolute Gasteiger partial charge is 0.0905 e. The predicted octanol–water partition coefficient (Wildman–Crippen LogP) is 3.70. The fraction of sp³-hybridized carbons (Fsp3) is 0.923. The number of hydrogen-bond acceptors (Lipinski definition) is 1. The first-order valence-electron chi connectivity index (χ1n) is 6.55. The summed E-state index contributed by atoms with van der Waals surface area (Å²) in [7, 11) is 0. The molecule has 88 valence electrons. The molecule has 0 aromatic heterocycles. The lowest BCUT2D eigenvalue weighted by atomic mass is 9.79. The molecule has 2 nitrogen and oxygen atoms in total. The zero-order chi connectivity index (χ0) is 11.1. The van der Waals surface area contributed by atoms with Crippen molar-refractivity contribution in [2.24, 2.45) is 17.6 Å². The minimum absolute atomic E-state index is 0.352. The fourth-order valence-electron chi connectivity index (χ4n) is 2.68. The SMILES string of the molecule is CCC1CCC(CCCCC(=N)N)CC1. The van der Waals surface area contributed by atoms with Gasteiger partial charge in [0, 0.05) is 6.42 Å². The summed E-state index contributed by atoms with van der Waals surface area (Å²) in [5.74, 6) is 2.34. The molecule has 0 aliphatic heterocycles. The molecule has 1 rings (SSSR count). The summed E-state index contributed by atoms with van der Waals surface area (Å²) in [6.45, 7) is 2.32. The zero-order valence-electron chi connectivity index (χ0n) is 10.1. The third-order valence-electron chi connectivity index (χ3n) is 3.85. The molecule has 0 spiro atoms. The monoisotopic (exact) mass is 210 g/mol. The van der Waals surface area contributed by atoms with E-state index in [1.165, 1.54) is 44.9 Å². The van der Waals surface area contributed by atoms with E-state index in [2.05, 4.69) is 6.92 Å². The van der Waals surface area contributed by atoms with E-state index in [9.17, 15) is 0 Å². The van der Waals surface area contributed by atoms with Crippen molar-refractivity contribution >= 4 is 5.84 Å². The highest BCUT2D eigenvalue weighted by atomic mass is 14.7. The molecule has 0 heterocycles. The molecule has 0 aromatic carbocycles. The third kappa shape index (κ3) is 5.19. The second-order valence-corrected chi connectivity index (χ2v) is 5.07. The van der Waals surface area contributed by atoms with E-state index in [4.69, 9.17) is 11.1 Å². The Bertz CT molecular complexity index is 181. The Hall–Kier alpha value is -0.530. The Labute approximate surface area is 94.1 Å². The molecule has 1 aliphatic rings. The maximum absolute atomic E-state index is 7.15. The summed E-state index contributed by atoms with van der Waals surface area (Å²) in [4.78, 5) is 0. The molecule has 0 amide bonds. The van der Waals surface area contributed by atoms with E-state index in [0.717, 1.165) is 24.7 Å². The van der Waals surface area contributed by atoms with Crippen molar-refractivity contribution in [1.29, 1.82) is 5.41 Å². The number of amidine groups is 1. The van der Waals surface area contributed by atoms with Crippen molar-refractivity contribution in [3.63, 3.8) is 0 Å². The van der Waals surface area contributed by atoms with Crippen LogP contribution in [0.25, 0.3) is 0 Å². The highest BCUT2D eigenvalue weighted by Gasteiger charge is 2.19. The van der Waals surface area contributed by atoms with Crippen molar-refractivity contribution in [2.45, 2.75) is 64.7 Å². The van der Waals surface area contributed by atoms with Crippen molar-refractivity contribution < 1.29 is 0 Å². The average Bonchev–Trinajstić information content (AvgIpc) is 2.25. The average molecular weight is 210 g/mol. The van der Waals surface area contributed by atoms with Crippen LogP contribution in [-0.4, -0.2) is 5.84 Å². The van der Waals surface area contributed by atoms with Crippen LogP contribution in [-0.2, 0) is 0 Å². The van der Waals surface area contributed by atoms with Crippen molar-refractivity contribution in [3.05, 3.63) is 0 Å². The van der Waals surface area contributed by atoms with E-state index in [-0.39, 0.29) is 0 Å². The number of unbranched alkanes of at least 4 members (excludes halogenated alkanes) is 1.